The van der Waals surface area contributed by atoms with Crippen LogP contribution in [-0.2, 0) is 11.3 Å². The number of anilines is 3. The number of rotatable bonds is 10. The van der Waals surface area contributed by atoms with E-state index in [1.807, 2.05) is 53.4 Å². The summed E-state index contributed by atoms with van der Waals surface area (Å²) in [5.74, 6) is 1.92. The molecule has 0 bridgehead atoms. The highest BCUT2D eigenvalue weighted by molar-refractivity contribution is 5.96. The van der Waals surface area contributed by atoms with E-state index in [-0.39, 0.29) is 5.91 Å². The largest absolute Gasteiger partial charge is 0.358 e. The van der Waals surface area contributed by atoms with Gasteiger partial charge in [0.05, 0.1) is 18.2 Å². The van der Waals surface area contributed by atoms with Gasteiger partial charge in [0.1, 0.15) is 17.7 Å². The van der Waals surface area contributed by atoms with Crippen molar-refractivity contribution >= 4 is 29.0 Å². The predicted molar refractivity (Wildman–Crippen MR) is 160 cm³/mol. The van der Waals surface area contributed by atoms with Crippen LogP contribution in [0.3, 0.4) is 0 Å². The van der Waals surface area contributed by atoms with Crippen molar-refractivity contribution in [1.82, 2.24) is 14.5 Å². The number of nitrogens with zero attached hydrogens (tertiary/aromatic N) is 5. The van der Waals surface area contributed by atoms with Crippen LogP contribution in [0.15, 0.2) is 79.1 Å². The summed E-state index contributed by atoms with van der Waals surface area (Å²) in [7, 11) is 0. The zero-order valence-electron chi connectivity index (χ0n) is 22.8. The molecular formula is C32H32N8O. The summed E-state index contributed by atoms with van der Waals surface area (Å²) in [5, 5.41) is 19.0. The molecule has 9 nitrogen and oxygen atoms in total. The molecule has 0 aliphatic heterocycles. The van der Waals surface area contributed by atoms with E-state index in [9.17, 15) is 10.1 Å². The minimum atomic E-state index is -0.508. The van der Waals surface area contributed by atoms with Gasteiger partial charge in [-0.1, -0.05) is 56.4 Å². The van der Waals surface area contributed by atoms with Crippen molar-refractivity contribution in [3.63, 3.8) is 0 Å². The van der Waals surface area contributed by atoms with Gasteiger partial charge in [-0.05, 0) is 54.3 Å². The number of hydrogen-bond acceptors (Lipinski definition) is 6. The quantitative estimate of drug-likeness (QED) is 0.192. The maximum absolute atomic E-state index is 13.6. The van der Waals surface area contributed by atoms with E-state index in [4.69, 9.17) is 16.5 Å². The molecular weight excluding hydrogens is 512 g/mol. The van der Waals surface area contributed by atoms with E-state index in [1.165, 1.54) is 19.3 Å². The lowest BCUT2D eigenvalue weighted by molar-refractivity contribution is -0.117. The number of carbonyl (C=O) groups is 1. The molecule has 1 fully saturated rings. The van der Waals surface area contributed by atoms with E-state index >= 15 is 0 Å². The Balaban J connectivity index is 1.39. The molecule has 2 aromatic heterocycles. The molecule has 2 aromatic carbocycles. The molecule has 0 saturated heterocycles. The topological polar surface area (TPSA) is 112 Å². The highest BCUT2D eigenvalue weighted by atomic mass is 16.2. The van der Waals surface area contributed by atoms with Gasteiger partial charge >= 0.3 is 0 Å². The lowest BCUT2D eigenvalue weighted by Gasteiger charge is -2.27. The Kier molecular flexibility index (Phi) is 8.88. The minimum Gasteiger partial charge on any atom is -0.358 e. The van der Waals surface area contributed by atoms with E-state index in [0.717, 1.165) is 18.4 Å². The lowest BCUT2D eigenvalue weighted by Crippen LogP contribution is -2.37. The van der Waals surface area contributed by atoms with Crippen molar-refractivity contribution in [2.45, 2.75) is 51.1 Å². The Morgan fingerprint density at radius 3 is 2.56 bits per heavy atom. The van der Waals surface area contributed by atoms with Crippen molar-refractivity contribution in [3.05, 3.63) is 102 Å². The molecule has 1 unspecified atom stereocenters. The number of hydrogen-bond donors (Lipinski definition) is 3. The minimum absolute atomic E-state index is 0.143. The van der Waals surface area contributed by atoms with Crippen LogP contribution in [0.4, 0.5) is 23.1 Å². The summed E-state index contributed by atoms with van der Waals surface area (Å²) < 4.78 is 1.89. The molecule has 9 heteroatoms. The van der Waals surface area contributed by atoms with Crippen molar-refractivity contribution in [2.75, 3.05) is 16.0 Å². The van der Waals surface area contributed by atoms with Crippen LogP contribution < -0.4 is 16.0 Å². The first kappa shape index (κ1) is 27.4. The molecule has 41 heavy (non-hydrogen) atoms. The summed E-state index contributed by atoms with van der Waals surface area (Å²) in [6.45, 7) is 7.61. The first-order valence-electron chi connectivity index (χ1n) is 13.9. The molecule has 1 saturated carbocycles. The van der Waals surface area contributed by atoms with Crippen LogP contribution in [0.5, 0.6) is 0 Å². The highest BCUT2D eigenvalue weighted by Gasteiger charge is 2.25. The molecule has 4 aromatic rings. The normalized spacial score (nSPS) is 13.9. The molecule has 1 aliphatic rings. The summed E-state index contributed by atoms with van der Waals surface area (Å²) in [5.41, 5.74) is 2.70. The van der Waals surface area contributed by atoms with Crippen molar-refractivity contribution < 1.29 is 4.79 Å². The number of benzene rings is 2. The van der Waals surface area contributed by atoms with Crippen LogP contribution in [-0.4, -0.2) is 26.5 Å². The summed E-state index contributed by atoms with van der Waals surface area (Å²) in [6, 6.07) is 21.6. The number of carbonyl (C=O) groups excluding carboxylic acids is 1. The third-order valence-electron chi connectivity index (χ3n) is 7.28. The van der Waals surface area contributed by atoms with Crippen molar-refractivity contribution in [3.8, 4) is 11.9 Å². The van der Waals surface area contributed by atoms with E-state index in [0.29, 0.717) is 53.4 Å². The number of aromatic nitrogens is 3. The monoisotopic (exact) mass is 544 g/mol. The molecule has 1 amide bonds. The van der Waals surface area contributed by atoms with Crippen LogP contribution in [0.25, 0.3) is 10.7 Å². The van der Waals surface area contributed by atoms with Gasteiger partial charge in [0.2, 0.25) is 11.9 Å². The fraction of sp³-hybridized carbons (Fsp3) is 0.281. The van der Waals surface area contributed by atoms with E-state index in [1.54, 1.807) is 30.3 Å². The first-order valence-corrected chi connectivity index (χ1v) is 13.9. The predicted octanol–water partition coefficient (Wildman–Crippen LogP) is 6.69. The maximum Gasteiger partial charge on any atom is 0.246 e. The smallest absolute Gasteiger partial charge is 0.246 e. The standard InChI is InChI=1S/C32H32N8O/c1-34-26-12-14-27(15-13-26)36-31(41)28(19-23-8-3-2-4-9-23)37-29-20-30(40-16-5-6-17-40)39-32(38-29)35-22-25-11-7-10-24(18-25)21-33/h5-7,10-18,20,23,28H,2-4,8-9,19,22H2,(H,36,41)(H2,35,37,38,39). The van der Waals surface area contributed by atoms with Gasteiger partial charge in [0.15, 0.2) is 5.69 Å². The van der Waals surface area contributed by atoms with Crippen molar-refractivity contribution in [2.24, 2.45) is 5.92 Å². The zero-order chi connectivity index (χ0) is 28.4. The first-order chi connectivity index (χ1) is 20.1. The third-order valence-corrected chi connectivity index (χ3v) is 7.28. The number of nitriles is 1. The van der Waals surface area contributed by atoms with Gasteiger partial charge in [-0.2, -0.15) is 15.2 Å². The van der Waals surface area contributed by atoms with Crippen LogP contribution in [0, 0.1) is 23.8 Å². The van der Waals surface area contributed by atoms with Gasteiger partial charge < -0.3 is 20.5 Å². The van der Waals surface area contributed by atoms with Gasteiger partial charge in [-0.25, -0.2) is 4.85 Å². The van der Waals surface area contributed by atoms with Gasteiger partial charge in [0.25, 0.3) is 0 Å². The number of nitrogens with one attached hydrogen (secondary N) is 3. The lowest BCUT2D eigenvalue weighted by atomic mass is 9.84. The Hall–Kier alpha value is -5.15. The van der Waals surface area contributed by atoms with E-state index < -0.39 is 6.04 Å². The second-order valence-electron chi connectivity index (χ2n) is 10.3. The number of amides is 1. The Labute approximate surface area is 240 Å². The summed E-state index contributed by atoms with van der Waals surface area (Å²) in [4.78, 5) is 26.4. The molecule has 2 heterocycles. The van der Waals surface area contributed by atoms with E-state index in [2.05, 4.69) is 26.9 Å². The van der Waals surface area contributed by atoms with Crippen LogP contribution in [0.2, 0.25) is 0 Å². The summed E-state index contributed by atoms with van der Waals surface area (Å²) >= 11 is 0. The molecule has 0 radical (unpaired) electrons. The average Bonchev–Trinajstić information content (AvgIpc) is 3.56. The fourth-order valence-electron chi connectivity index (χ4n) is 5.15. The Bertz CT molecular complexity index is 1540. The Morgan fingerprint density at radius 2 is 1.83 bits per heavy atom. The van der Waals surface area contributed by atoms with Gasteiger partial charge in [-0.15, -0.1) is 0 Å². The average molecular weight is 545 g/mol. The molecule has 1 atom stereocenters. The second kappa shape index (κ2) is 13.3. The van der Waals surface area contributed by atoms with Crippen LogP contribution >= 0.6 is 0 Å². The third kappa shape index (κ3) is 7.49. The second-order valence-corrected chi connectivity index (χ2v) is 10.3. The Morgan fingerprint density at radius 1 is 1.05 bits per heavy atom. The zero-order valence-corrected chi connectivity index (χ0v) is 22.8. The molecule has 1 aliphatic carbocycles. The van der Waals surface area contributed by atoms with Crippen molar-refractivity contribution in [1.29, 1.82) is 5.26 Å². The van der Waals surface area contributed by atoms with Gasteiger partial charge in [0, 0.05) is 30.7 Å². The maximum atomic E-state index is 13.6. The molecule has 0 spiro atoms. The molecule has 3 N–H and O–H groups in total. The highest BCUT2D eigenvalue weighted by Crippen LogP contribution is 2.29. The summed E-state index contributed by atoms with van der Waals surface area (Å²) in [6.07, 6.45) is 10.3. The SMILES string of the molecule is [C-]#[N+]c1ccc(NC(=O)C(CC2CCCCC2)Nc2cc(-n3cccc3)nc(NCc3cccc(C#N)c3)n2)cc1. The van der Waals surface area contributed by atoms with Gasteiger partial charge in [-0.3, -0.25) is 4.79 Å². The molecule has 206 valence electrons. The fourth-order valence-corrected chi connectivity index (χ4v) is 5.15. The van der Waals surface area contributed by atoms with Crippen LogP contribution in [0.1, 0.15) is 49.7 Å². The molecule has 5 rings (SSSR count).